The monoisotopic (exact) mass is 199 g/mol. The highest BCUT2D eigenvalue weighted by molar-refractivity contribution is 5.77. The quantitative estimate of drug-likeness (QED) is 0.690. The molecular weight excluding hydrogens is 178 g/mol. The minimum atomic E-state index is 0.0315. The fourth-order valence-electron chi connectivity index (χ4n) is 1.95. The fourth-order valence-corrected chi connectivity index (χ4v) is 1.95. The van der Waals surface area contributed by atoms with Crippen molar-refractivity contribution in [2.75, 3.05) is 33.7 Å². The van der Waals surface area contributed by atoms with E-state index in [1.165, 1.54) is 19.3 Å². The van der Waals surface area contributed by atoms with Gasteiger partial charge in [-0.3, -0.25) is 4.79 Å². The molecule has 1 amide bonds. The van der Waals surface area contributed by atoms with E-state index in [0.29, 0.717) is 6.04 Å². The predicted molar refractivity (Wildman–Crippen MR) is 57.0 cm³/mol. The standard InChI is InChI=1S/C10H21N3O/c1-12-6-4-3-5-9(12)8-13(2)10(14)7-11/h9H,3-8,11H2,1-2H3/t9-/m1/s1. The average Bonchev–Trinajstić information content (AvgIpc) is 2.20. The lowest BCUT2D eigenvalue weighted by Crippen LogP contribution is -2.46. The smallest absolute Gasteiger partial charge is 0.236 e. The first-order chi connectivity index (χ1) is 6.65. The van der Waals surface area contributed by atoms with Gasteiger partial charge in [0, 0.05) is 19.6 Å². The summed E-state index contributed by atoms with van der Waals surface area (Å²) in [6, 6.07) is 0.518. The molecule has 1 aliphatic rings. The maximum Gasteiger partial charge on any atom is 0.236 e. The summed E-state index contributed by atoms with van der Waals surface area (Å²) >= 11 is 0. The molecule has 0 unspecified atom stereocenters. The molecule has 0 saturated carbocycles. The number of nitrogens with zero attached hydrogens (tertiary/aromatic N) is 2. The van der Waals surface area contributed by atoms with Crippen LogP contribution in [0.4, 0.5) is 0 Å². The van der Waals surface area contributed by atoms with Crippen LogP contribution in [-0.2, 0) is 4.79 Å². The van der Waals surface area contributed by atoms with E-state index in [9.17, 15) is 4.79 Å². The van der Waals surface area contributed by atoms with Gasteiger partial charge in [-0.05, 0) is 26.4 Å². The molecule has 1 heterocycles. The Morgan fingerprint density at radius 1 is 1.57 bits per heavy atom. The van der Waals surface area contributed by atoms with Gasteiger partial charge in [0.05, 0.1) is 6.54 Å². The second-order valence-electron chi connectivity index (χ2n) is 4.11. The summed E-state index contributed by atoms with van der Waals surface area (Å²) in [7, 11) is 3.96. The Morgan fingerprint density at radius 2 is 2.29 bits per heavy atom. The predicted octanol–water partition coefficient (Wildman–Crippen LogP) is -0.112. The molecular formula is C10H21N3O. The minimum Gasteiger partial charge on any atom is -0.343 e. The molecule has 0 bridgehead atoms. The molecule has 4 nitrogen and oxygen atoms in total. The van der Waals surface area contributed by atoms with Crippen molar-refractivity contribution < 1.29 is 4.79 Å². The van der Waals surface area contributed by atoms with Crippen molar-refractivity contribution in [3.63, 3.8) is 0 Å². The Morgan fingerprint density at radius 3 is 2.86 bits per heavy atom. The molecule has 0 aromatic rings. The Kier molecular flexibility index (Phi) is 4.35. The highest BCUT2D eigenvalue weighted by Crippen LogP contribution is 2.15. The van der Waals surface area contributed by atoms with Crippen molar-refractivity contribution >= 4 is 5.91 Å². The van der Waals surface area contributed by atoms with E-state index < -0.39 is 0 Å². The maximum absolute atomic E-state index is 11.3. The number of likely N-dealkylation sites (tertiary alicyclic amines) is 1. The van der Waals surface area contributed by atoms with Gasteiger partial charge in [0.15, 0.2) is 0 Å². The van der Waals surface area contributed by atoms with Crippen molar-refractivity contribution in [3.05, 3.63) is 0 Å². The molecule has 14 heavy (non-hydrogen) atoms. The number of likely N-dealkylation sites (N-methyl/N-ethyl adjacent to an activating group) is 2. The van der Waals surface area contributed by atoms with Crippen molar-refractivity contribution in [1.29, 1.82) is 0 Å². The fraction of sp³-hybridized carbons (Fsp3) is 0.900. The largest absolute Gasteiger partial charge is 0.343 e. The van der Waals surface area contributed by atoms with Crippen LogP contribution in [0.1, 0.15) is 19.3 Å². The van der Waals surface area contributed by atoms with Crippen molar-refractivity contribution in [2.45, 2.75) is 25.3 Å². The third kappa shape index (κ3) is 2.96. The molecule has 0 aromatic carbocycles. The van der Waals surface area contributed by atoms with E-state index in [1.54, 1.807) is 4.90 Å². The van der Waals surface area contributed by atoms with Gasteiger partial charge in [0.1, 0.15) is 0 Å². The van der Waals surface area contributed by atoms with Crippen LogP contribution in [0.3, 0.4) is 0 Å². The number of hydrogen-bond acceptors (Lipinski definition) is 3. The number of carbonyl (C=O) groups is 1. The first kappa shape index (κ1) is 11.5. The summed E-state index contributed by atoms with van der Waals surface area (Å²) in [6.07, 6.45) is 3.75. The summed E-state index contributed by atoms with van der Waals surface area (Å²) < 4.78 is 0. The highest BCUT2D eigenvalue weighted by atomic mass is 16.2. The molecule has 0 aliphatic carbocycles. The van der Waals surface area contributed by atoms with Crippen LogP contribution in [0.5, 0.6) is 0 Å². The van der Waals surface area contributed by atoms with Crippen LogP contribution < -0.4 is 5.73 Å². The number of amides is 1. The molecule has 0 spiro atoms. The van der Waals surface area contributed by atoms with Crippen molar-refractivity contribution in [2.24, 2.45) is 5.73 Å². The summed E-state index contributed by atoms with van der Waals surface area (Å²) in [5.41, 5.74) is 5.31. The number of nitrogens with two attached hydrogens (primary N) is 1. The van der Waals surface area contributed by atoms with E-state index in [2.05, 4.69) is 11.9 Å². The topological polar surface area (TPSA) is 49.6 Å². The molecule has 1 saturated heterocycles. The molecule has 1 rings (SSSR count). The van der Waals surface area contributed by atoms with E-state index in [1.807, 2.05) is 7.05 Å². The van der Waals surface area contributed by atoms with Gasteiger partial charge in [-0.25, -0.2) is 0 Å². The lowest BCUT2D eigenvalue weighted by molar-refractivity contribution is -0.129. The summed E-state index contributed by atoms with van der Waals surface area (Å²) in [4.78, 5) is 15.4. The first-order valence-corrected chi connectivity index (χ1v) is 5.29. The number of hydrogen-bond donors (Lipinski definition) is 1. The first-order valence-electron chi connectivity index (χ1n) is 5.29. The average molecular weight is 199 g/mol. The molecule has 0 radical (unpaired) electrons. The van der Waals surface area contributed by atoms with Crippen LogP contribution in [0.25, 0.3) is 0 Å². The molecule has 1 aliphatic heterocycles. The third-order valence-corrected chi connectivity index (χ3v) is 3.01. The van der Waals surface area contributed by atoms with Crippen LogP contribution in [0.2, 0.25) is 0 Å². The Hall–Kier alpha value is -0.610. The second kappa shape index (κ2) is 5.32. The lowest BCUT2D eigenvalue weighted by atomic mass is 10.0. The van der Waals surface area contributed by atoms with Gasteiger partial charge >= 0.3 is 0 Å². The summed E-state index contributed by atoms with van der Waals surface area (Å²) in [5, 5.41) is 0. The molecule has 4 heteroatoms. The molecule has 1 fully saturated rings. The Balaban J connectivity index is 2.38. The van der Waals surface area contributed by atoms with Crippen LogP contribution in [0, 0.1) is 0 Å². The zero-order valence-electron chi connectivity index (χ0n) is 9.20. The number of rotatable bonds is 3. The van der Waals surface area contributed by atoms with Gasteiger partial charge < -0.3 is 15.5 Å². The van der Waals surface area contributed by atoms with Gasteiger partial charge in [-0.15, -0.1) is 0 Å². The van der Waals surface area contributed by atoms with Crippen LogP contribution in [-0.4, -0.2) is 55.5 Å². The lowest BCUT2D eigenvalue weighted by Gasteiger charge is -2.35. The zero-order valence-corrected chi connectivity index (χ0v) is 9.20. The van der Waals surface area contributed by atoms with E-state index >= 15 is 0 Å². The van der Waals surface area contributed by atoms with Crippen molar-refractivity contribution in [1.82, 2.24) is 9.80 Å². The highest BCUT2D eigenvalue weighted by Gasteiger charge is 2.21. The minimum absolute atomic E-state index is 0.0315. The Labute approximate surface area is 86.0 Å². The van der Waals surface area contributed by atoms with Crippen LogP contribution in [0.15, 0.2) is 0 Å². The molecule has 82 valence electrons. The SMILES string of the molecule is CN(C[C@H]1CCCCN1C)C(=O)CN. The molecule has 1 atom stereocenters. The summed E-state index contributed by atoms with van der Waals surface area (Å²) in [5.74, 6) is 0.0315. The van der Waals surface area contributed by atoms with E-state index in [0.717, 1.165) is 13.1 Å². The zero-order chi connectivity index (χ0) is 10.6. The van der Waals surface area contributed by atoms with E-state index in [4.69, 9.17) is 5.73 Å². The van der Waals surface area contributed by atoms with Gasteiger partial charge in [-0.2, -0.15) is 0 Å². The molecule has 2 N–H and O–H groups in total. The number of carbonyl (C=O) groups excluding carboxylic acids is 1. The summed E-state index contributed by atoms with van der Waals surface area (Å²) in [6.45, 7) is 2.08. The Bertz CT molecular complexity index is 196. The van der Waals surface area contributed by atoms with Gasteiger partial charge in [-0.1, -0.05) is 6.42 Å². The normalized spacial score (nSPS) is 23.5. The van der Waals surface area contributed by atoms with Crippen molar-refractivity contribution in [3.8, 4) is 0 Å². The number of piperidine rings is 1. The van der Waals surface area contributed by atoms with Gasteiger partial charge in [0.25, 0.3) is 0 Å². The second-order valence-corrected chi connectivity index (χ2v) is 4.11. The van der Waals surface area contributed by atoms with Crippen LogP contribution >= 0.6 is 0 Å². The van der Waals surface area contributed by atoms with Gasteiger partial charge in [0.2, 0.25) is 5.91 Å². The van der Waals surface area contributed by atoms with E-state index in [-0.39, 0.29) is 12.5 Å². The molecule has 0 aromatic heterocycles. The third-order valence-electron chi connectivity index (χ3n) is 3.01. The maximum atomic E-state index is 11.3.